The highest BCUT2D eigenvalue weighted by Crippen LogP contribution is 2.06. The van der Waals surface area contributed by atoms with Crippen LogP contribution in [0.4, 0.5) is 0 Å². The molecule has 0 bridgehead atoms. The second-order valence-corrected chi connectivity index (χ2v) is 5.96. The third-order valence-electron chi connectivity index (χ3n) is 2.11. The number of aliphatic hydroxyl groups is 1. The van der Waals surface area contributed by atoms with E-state index < -0.39 is 0 Å². The predicted octanol–water partition coefficient (Wildman–Crippen LogP) is 2.50. The number of hydrogen-bond donors (Lipinski definition) is 2. The van der Waals surface area contributed by atoms with Gasteiger partial charge in [-0.3, -0.25) is 0 Å². The Morgan fingerprint density at radius 1 is 1.19 bits per heavy atom. The van der Waals surface area contributed by atoms with Crippen molar-refractivity contribution in [2.24, 2.45) is 0 Å². The highest BCUT2D eigenvalue weighted by molar-refractivity contribution is 14.1. The fourth-order valence-corrected chi connectivity index (χ4v) is 2.43. The maximum Gasteiger partial charge on any atom is 0.0438 e. The molecule has 16 heavy (non-hydrogen) atoms. The summed E-state index contributed by atoms with van der Waals surface area (Å²) >= 11 is 4.21. The van der Waals surface area contributed by atoms with Gasteiger partial charge in [-0.05, 0) is 52.5 Å². The van der Waals surface area contributed by atoms with E-state index in [4.69, 9.17) is 5.11 Å². The molecule has 0 unspecified atom stereocenters. The quantitative estimate of drug-likeness (QED) is 0.558. The molecule has 0 aliphatic carbocycles. The third-order valence-corrected chi connectivity index (χ3v) is 3.90. The van der Waals surface area contributed by atoms with Gasteiger partial charge in [0.05, 0.1) is 0 Å². The number of nitrogens with one attached hydrogen (secondary N) is 1. The van der Waals surface area contributed by atoms with Crippen molar-refractivity contribution in [1.29, 1.82) is 0 Å². The Morgan fingerprint density at radius 2 is 1.94 bits per heavy atom. The highest BCUT2D eigenvalue weighted by atomic mass is 127. The van der Waals surface area contributed by atoms with Gasteiger partial charge in [0.15, 0.2) is 0 Å². The topological polar surface area (TPSA) is 32.3 Å². The Balaban J connectivity index is 2.01. The minimum Gasteiger partial charge on any atom is -0.396 e. The van der Waals surface area contributed by atoms with Crippen molar-refractivity contribution in [2.75, 3.05) is 24.7 Å². The molecule has 0 amide bonds. The Bertz CT molecular complexity index is 279. The van der Waals surface area contributed by atoms with Crippen LogP contribution in [0.2, 0.25) is 0 Å². The molecular formula is C12H18INOS. The SMILES string of the molecule is OCCCSCCNCc1ccc(I)cc1. The first-order valence-electron chi connectivity index (χ1n) is 5.46. The first kappa shape index (κ1) is 14.3. The van der Waals surface area contributed by atoms with E-state index in [1.807, 2.05) is 11.8 Å². The second kappa shape index (κ2) is 9.27. The Labute approximate surface area is 115 Å². The number of aliphatic hydroxyl groups excluding tert-OH is 1. The largest absolute Gasteiger partial charge is 0.396 e. The molecule has 0 radical (unpaired) electrons. The average molecular weight is 351 g/mol. The van der Waals surface area contributed by atoms with Gasteiger partial charge in [0.1, 0.15) is 0 Å². The van der Waals surface area contributed by atoms with E-state index >= 15 is 0 Å². The van der Waals surface area contributed by atoms with Crippen LogP contribution in [0.25, 0.3) is 0 Å². The van der Waals surface area contributed by atoms with Crippen LogP contribution in [-0.4, -0.2) is 29.8 Å². The summed E-state index contributed by atoms with van der Waals surface area (Å²) in [7, 11) is 0. The molecular weight excluding hydrogens is 333 g/mol. The molecule has 0 aliphatic rings. The fraction of sp³-hybridized carbons (Fsp3) is 0.500. The molecule has 0 spiro atoms. The van der Waals surface area contributed by atoms with Crippen LogP contribution in [0.15, 0.2) is 24.3 Å². The molecule has 0 aromatic heterocycles. The van der Waals surface area contributed by atoms with Gasteiger partial charge in [-0.2, -0.15) is 11.8 Å². The maximum absolute atomic E-state index is 8.61. The van der Waals surface area contributed by atoms with Gasteiger partial charge >= 0.3 is 0 Å². The number of thioether (sulfide) groups is 1. The summed E-state index contributed by atoms with van der Waals surface area (Å²) in [4.78, 5) is 0. The van der Waals surface area contributed by atoms with E-state index in [1.54, 1.807) is 0 Å². The molecule has 1 aromatic carbocycles. The van der Waals surface area contributed by atoms with E-state index in [9.17, 15) is 0 Å². The molecule has 0 aliphatic heterocycles. The van der Waals surface area contributed by atoms with Gasteiger partial charge in [0.25, 0.3) is 0 Å². The van der Waals surface area contributed by atoms with Gasteiger partial charge in [-0.1, -0.05) is 12.1 Å². The Kier molecular flexibility index (Phi) is 8.28. The van der Waals surface area contributed by atoms with E-state index in [0.717, 1.165) is 31.0 Å². The highest BCUT2D eigenvalue weighted by Gasteiger charge is 1.93. The van der Waals surface area contributed by atoms with Crippen LogP contribution in [0.3, 0.4) is 0 Å². The molecule has 0 saturated heterocycles. The lowest BCUT2D eigenvalue weighted by molar-refractivity contribution is 0.296. The van der Waals surface area contributed by atoms with Crippen molar-refractivity contribution < 1.29 is 5.11 Å². The maximum atomic E-state index is 8.61. The normalized spacial score (nSPS) is 10.6. The number of halogens is 1. The van der Waals surface area contributed by atoms with Crippen molar-refractivity contribution >= 4 is 34.4 Å². The monoisotopic (exact) mass is 351 g/mol. The summed E-state index contributed by atoms with van der Waals surface area (Å²) in [6.07, 6.45) is 0.905. The molecule has 0 atom stereocenters. The summed E-state index contributed by atoms with van der Waals surface area (Å²) in [5.74, 6) is 2.17. The zero-order valence-electron chi connectivity index (χ0n) is 9.29. The Morgan fingerprint density at radius 3 is 2.62 bits per heavy atom. The standard InChI is InChI=1S/C12H18INOS/c13-12-4-2-11(3-5-12)10-14-6-9-16-8-1-7-15/h2-5,14-15H,1,6-10H2. The lowest BCUT2D eigenvalue weighted by atomic mass is 10.2. The molecule has 1 rings (SSSR count). The van der Waals surface area contributed by atoms with E-state index in [1.165, 1.54) is 9.13 Å². The van der Waals surface area contributed by atoms with Crippen LogP contribution in [0, 0.1) is 3.57 Å². The van der Waals surface area contributed by atoms with Crippen LogP contribution < -0.4 is 5.32 Å². The van der Waals surface area contributed by atoms with Gasteiger partial charge in [0, 0.05) is 29.0 Å². The molecule has 2 N–H and O–H groups in total. The summed E-state index contributed by atoms with van der Waals surface area (Å²) in [6, 6.07) is 8.59. The number of benzene rings is 1. The summed E-state index contributed by atoms with van der Waals surface area (Å²) < 4.78 is 1.28. The minimum absolute atomic E-state index is 0.309. The van der Waals surface area contributed by atoms with Gasteiger partial charge in [0.2, 0.25) is 0 Å². The molecule has 0 heterocycles. The van der Waals surface area contributed by atoms with Gasteiger partial charge < -0.3 is 10.4 Å². The fourth-order valence-electron chi connectivity index (χ4n) is 1.25. The predicted molar refractivity (Wildman–Crippen MR) is 79.9 cm³/mol. The lowest BCUT2D eigenvalue weighted by Crippen LogP contribution is -2.16. The molecule has 90 valence electrons. The lowest BCUT2D eigenvalue weighted by Gasteiger charge is -2.04. The van der Waals surface area contributed by atoms with E-state index in [-0.39, 0.29) is 0 Å². The second-order valence-electron chi connectivity index (χ2n) is 3.49. The number of rotatable bonds is 8. The Hall–Kier alpha value is 0.220. The molecule has 4 heteroatoms. The zero-order chi connectivity index (χ0) is 11.6. The first-order chi connectivity index (χ1) is 7.83. The van der Waals surface area contributed by atoms with Gasteiger partial charge in [-0.15, -0.1) is 0 Å². The van der Waals surface area contributed by atoms with Crippen molar-refractivity contribution in [3.05, 3.63) is 33.4 Å². The van der Waals surface area contributed by atoms with Gasteiger partial charge in [-0.25, -0.2) is 0 Å². The smallest absolute Gasteiger partial charge is 0.0438 e. The van der Waals surface area contributed by atoms with Crippen molar-refractivity contribution in [1.82, 2.24) is 5.32 Å². The third kappa shape index (κ3) is 6.73. The van der Waals surface area contributed by atoms with Crippen LogP contribution >= 0.6 is 34.4 Å². The summed E-state index contributed by atoms with van der Waals surface area (Å²) in [5, 5.41) is 12.0. The first-order valence-corrected chi connectivity index (χ1v) is 7.70. The van der Waals surface area contributed by atoms with Crippen LogP contribution in [0.1, 0.15) is 12.0 Å². The molecule has 2 nitrogen and oxygen atoms in total. The zero-order valence-corrected chi connectivity index (χ0v) is 12.3. The minimum atomic E-state index is 0.309. The van der Waals surface area contributed by atoms with E-state index in [2.05, 4.69) is 52.2 Å². The summed E-state index contributed by atoms with van der Waals surface area (Å²) in [5.41, 5.74) is 1.33. The number of hydrogen-bond acceptors (Lipinski definition) is 3. The molecule has 0 saturated carbocycles. The van der Waals surface area contributed by atoms with Crippen molar-refractivity contribution in [2.45, 2.75) is 13.0 Å². The summed E-state index contributed by atoms with van der Waals surface area (Å²) in [6.45, 7) is 2.28. The van der Waals surface area contributed by atoms with Crippen LogP contribution in [0.5, 0.6) is 0 Å². The molecule has 1 aromatic rings. The van der Waals surface area contributed by atoms with E-state index in [0.29, 0.717) is 6.61 Å². The molecule has 0 fully saturated rings. The van der Waals surface area contributed by atoms with Crippen molar-refractivity contribution in [3.8, 4) is 0 Å². The van der Waals surface area contributed by atoms with Crippen molar-refractivity contribution in [3.63, 3.8) is 0 Å². The average Bonchev–Trinajstić information content (AvgIpc) is 2.30. The van der Waals surface area contributed by atoms with Crippen LogP contribution in [-0.2, 0) is 6.54 Å².